The number of rotatable bonds is 3. The average molecular weight is 311 g/mol. The van der Waals surface area contributed by atoms with Crippen molar-refractivity contribution in [2.45, 2.75) is 61.2 Å². The van der Waals surface area contributed by atoms with Crippen molar-refractivity contribution in [1.82, 2.24) is 5.32 Å². The first-order chi connectivity index (χ1) is 9.93. The highest BCUT2D eigenvalue weighted by Crippen LogP contribution is 2.30. The van der Waals surface area contributed by atoms with Crippen LogP contribution in [0, 0.1) is 5.82 Å². The minimum absolute atomic E-state index is 0.233. The highest BCUT2D eigenvalue weighted by atomic mass is 19.4. The van der Waals surface area contributed by atoms with Gasteiger partial charge in [0.2, 0.25) is 0 Å². The molecule has 1 nitrogen and oxygen atoms in total. The minimum Gasteiger partial charge on any atom is -0.313 e. The fraction of sp³-hybridized carbons (Fsp3) is 0.625. The van der Waals surface area contributed by atoms with Crippen LogP contribution in [0.1, 0.15) is 59.6 Å². The molecule has 0 saturated carbocycles. The van der Waals surface area contributed by atoms with Crippen molar-refractivity contribution in [2.75, 3.05) is 6.54 Å². The van der Waals surface area contributed by atoms with Crippen LogP contribution in [0.3, 0.4) is 0 Å². The molecule has 0 bridgehead atoms. The summed E-state index contributed by atoms with van der Waals surface area (Å²) in [6.07, 6.45) is -4.50. The van der Waals surface area contributed by atoms with E-state index in [0.717, 1.165) is 12.1 Å². The molecule has 0 saturated heterocycles. The molecule has 1 aromatic rings. The molecule has 21 heavy (non-hydrogen) atoms. The van der Waals surface area contributed by atoms with Gasteiger partial charge in [-0.05, 0) is 30.3 Å². The second kappa shape index (κ2) is 15.3. The summed E-state index contributed by atoms with van der Waals surface area (Å²) in [6.45, 7) is 14.7. The lowest BCUT2D eigenvalue weighted by atomic mass is 10.1. The van der Waals surface area contributed by atoms with Crippen LogP contribution >= 0.6 is 0 Å². The summed E-state index contributed by atoms with van der Waals surface area (Å²) in [5.74, 6) is -0.863. The highest BCUT2D eigenvalue weighted by Gasteiger charge is 2.31. The third kappa shape index (κ3) is 12.4. The normalized spacial score (nSPS) is 9.29. The molecule has 1 aromatic carbocycles. The maximum absolute atomic E-state index is 12.9. The Morgan fingerprint density at radius 1 is 0.905 bits per heavy atom. The van der Waals surface area contributed by atoms with Crippen LogP contribution in [0.25, 0.3) is 0 Å². The molecule has 126 valence electrons. The van der Waals surface area contributed by atoms with Gasteiger partial charge in [0.15, 0.2) is 0 Å². The summed E-state index contributed by atoms with van der Waals surface area (Å²) in [5, 5.41) is 2.84. The van der Waals surface area contributed by atoms with E-state index in [-0.39, 0.29) is 6.54 Å². The zero-order chi connectivity index (χ0) is 17.5. The molecule has 0 spiro atoms. The van der Waals surface area contributed by atoms with Crippen molar-refractivity contribution in [2.24, 2.45) is 0 Å². The third-order valence-electron chi connectivity index (χ3n) is 1.86. The van der Waals surface area contributed by atoms with Crippen LogP contribution in [-0.2, 0) is 12.7 Å². The van der Waals surface area contributed by atoms with E-state index in [1.807, 2.05) is 48.5 Å². The van der Waals surface area contributed by atoms with Gasteiger partial charge in [0, 0.05) is 6.54 Å². The van der Waals surface area contributed by atoms with Crippen molar-refractivity contribution in [3.63, 3.8) is 0 Å². The van der Waals surface area contributed by atoms with Crippen molar-refractivity contribution in [3.8, 4) is 0 Å². The van der Waals surface area contributed by atoms with Gasteiger partial charge < -0.3 is 5.32 Å². The molecule has 0 aliphatic rings. The van der Waals surface area contributed by atoms with Crippen molar-refractivity contribution in [1.29, 1.82) is 0 Å². The zero-order valence-electron chi connectivity index (χ0n) is 14.2. The number of alkyl halides is 3. The number of hydrogen-bond donors (Lipinski definition) is 1. The van der Waals surface area contributed by atoms with Gasteiger partial charge in [-0.2, -0.15) is 13.2 Å². The molecule has 0 heterocycles. The highest BCUT2D eigenvalue weighted by molar-refractivity contribution is 5.26. The first kappa shape index (κ1) is 24.9. The molecule has 0 radical (unpaired) electrons. The van der Waals surface area contributed by atoms with Gasteiger partial charge in [0.05, 0.1) is 5.56 Å². The van der Waals surface area contributed by atoms with Gasteiger partial charge in [0.1, 0.15) is 5.82 Å². The van der Waals surface area contributed by atoms with Crippen LogP contribution in [0.5, 0.6) is 0 Å². The minimum atomic E-state index is -4.50. The van der Waals surface area contributed by atoms with Crippen LogP contribution in [-0.4, -0.2) is 6.54 Å². The van der Waals surface area contributed by atoms with Gasteiger partial charge in [0.25, 0.3) is 0 Å². The summed E-state index contributed by atoms with van der Waals surface area (Å²) in [4.78, 5) is 0. The summed E-state index contributed by atoms with van der Waals surface area (Å²) < 4.78 is 49.7. The summed E-state index contributed by atoms with van der Waals surface area (Å²) in [7, 11) is 0. The Labute approximate surface area is 126 Å². The Morgan fingerprint density at radius 3 is 1.76 bits per heavy atom. The standard InChI is InChI=1S/C10H11F4N.3C2H6/c1-2-15-6-7-3-8(10(12,13)14)5-9(11)4-7;3*1-2/h3-5,15H,2,6H2,1H3;3*1-2H3. The van der Waals surface area contributed by atoms with Crippen LogP contribution in [0.2, 0.25) is 0 Å². The number of nitrogens with one attached hydrogen (secondary N) is 1. The first-order valence-corrected chi connectivity index (χ1v) is 7.51. The van der Waals surface area contributed by atoms with Crippen LogP contribution in [0.4, 0.5) is 17.6 Å². The molecule has 1 rings (SSSR count). The molecular formula is C16H29F4N. The second-order valence-electron chi connectivity index (χ2n) is 3.13. The number of halogens is 4. The fourth-order valence-electron chi connectivity index (χ4n) is 1.19. The predicted molar refractivity (Wildman–Crippen MR) is 82.8 cm³/mol. The summed E-state index contributed by atoms with van der Waals surface area (Å²) in [6, 6.07) is 2.54. The van der Waals surface area contributed by atoms with E-state index in [1.165, 1.54) is 0 Å². The first-order valence-electron chi connectivity index (χ1n) is 7.51. The van der Waals surface area contributed by atoms with Gasteiger partial charge in [-0.15, -0.1) is 0 Å². The lowest BCUT2D eigenvalue weighted by Crippen LogP contribution is -2.13. The Balaban J connectivity index is -0.000000478. The summed E-state index contributed by atoms with van der Waals surface area (Å²) >= 11 is 0. The quantitative estimate of drug-likeness (QED) is 0.672. The fourth-order valence-corrected chi connectivity index (χ4v) is 1.19. The lowest BCUT2D eigenvalue weighted by molar-refractivity contribution is -0.137. The molecule has 0 aliphatic carbocycles. The number of hydrogen-bond acceptors (Lipinski definition) is 1. The van der Waals surface area contributed by atoms with E-state index in [2.05, 4.69) is 5.32 Å². The van der Waals surface area contributed by atoms with E-state index in [1.54, 1.807) is 0 Å². The lowest BCUT2D eigenvalue weighted by Gasteiger charge is -2.09. The SMILES string of the molecule is CC.CC.CC.CCNCc1cc(F)cc(C(F)(F)F)c1. The molecule has 1 N–H and O–H groups in total. The van der Waals surface area contributed by atoms with Crippen molar-refractivity contribution >= 4 is 0 Å². The van der Waals surface area contributed by atoms with E-state index < -0.39 is 17.6 Å². The Hall–Kier alpha value is -1.10. The molecule has 0 unspecified atom stereocenters. The van der Waals surface area contributed by atoms with E-state index >= 15 is 0 Å². The maximum Gasteiger partial charge on any atom is 0.416 e. The average Bonchev–Trinajstić information content (AvgIpc) is 2.50. The summed E-state index contributed by atoms with van der Waals surface area (Å²) in [5.41, 5.74) is -0.653. The van der Waals surface area contributed by atoms with Gasteiger partial charge in [-0.1, -0.05) is 48.5 Å². The molecule has 0 aliphatic heterocycles. The van der Waals surface area contributed by atoms with Gasteiger partial charge >= 0.3 is 6.18 Å². The molecular weight excluding hydrogens is 282 g/mol. The third-order valence-corrected chi connectivity index (χ3v) is 1.86. The number of benzene rings is 1. The van der Waals surface area contributed by atoms with Gasteiger partial charge in [-0.3, -0.25) is 0 Å². The Morgan fingerprint density at radius 2 is 1.38 bits per heavy atom. The molecule has 0 atom stereocenters. The van der Waals surface area contributed by atoms with Gasteiger partial charge in [-0.25, -0.2) is 4.39 Å². The topological polar surface area (TPSA) is 12.0 Å². The Bertz CT molecular complexity index is 336. The second-order valence-corrected chi connectivity index (χ2v) is 3.13. The van der Waals surface area contributed by atoms with Crippen molar-refractivity contribution in [3.05, 3.63) is 35.1 Å². The van der Waals surface area contributed by atoms with Crippen LogP contribution in [0.15, 0.2) is 18.2 Å². The van der Waals surface area contributed by atoms with E-state index in [9.17, 15) is 17.6 Å². The molecule has 0 fully saturated rings. The van der Waals surface area contributed by atoms with E-state index in [4.69, 9.17) is 0 Å². The smallest absolute Gasteiger partial charge is 0.313 e. The Kier molecular flexibility index (Phi) is 18.1. The zero-order valence-corrected chi connectivity index (χ0v) is 14.2. The van der Waals surface area contributed by atoms with Crippen LogP contribution < -0.4 is 5.32 Å². The molecule has 0 amide bonds. The molecule has 5 heteroatoms. The predicted octanol–water partition coefficient (Wildman–Crippen LogP) is 6.03. The van der Waals surface area contributed by atoms with Crippen molar-refractivity contribution < 1.29 is 17.6 Å². The maximum atomic E-state index is 12.9. The van der Waals surface area contributed by atoms with E-state index in [0.29, 0.717) is 18.2 Å². The largest absolute Gasteiger partial charge is 0.416 e. The monoisotopic (exact) mass is 311 g/mol. The molecule has 0 aromatic heterocycles.